The molecule has 3 heteroatoms. The van der Waals surface area contributed by atoms with Gasteiger partial charge in [-0.2, -0.15) is 0 Å². The van der Waals surface area contributed by atoms with E-state index in [1.807, 2.05) is 6.92 Å². The van der Waals surface area contributed by atoms with E-state index < -0.39 is 0 Å². The van der Waals surface area contributed by atoms with Crippen molar-refractivity contribution in [2.75, 3.05) is 0 Å². The van der Waals surface area contributed by atoms with Gasteiger partial charge in [0.05, 0.1) is 5.56 Å². The molecule has 0 saturated heterocycles. The quantitative estimate of drug-likeness (QED) is 0.724. The first-order chi connectivity index (χ1) is 9.13. The summed E-state index contributed by atoms with van der Waals surface area (Å²) < 4.78 is 0. The van der Waals surface area contributed by atoms with Crippen molar-refractivity contribution in [1.29, 1.82) is 0 Å². The molecule has 0 unspecified atom stereocenters. The minimum absolute atomic E-state index is 0.109. The average molecular weight is 252 g/mol. The summed E-state index contributed by atoms with van der Waals surface area (Å²) in [4.78, 5) is 24.8. The number of fused-ring (bicyclic) bond motifs is 2. The van der Waals surface area contributed by atoms with Crippen LogP contribution in [0.5, 0.6) is 5.75 Å². The van der Waals surface area contributed by atoms with Crippen LogP contribution in [-0.4, -0.2) is 16.7 Å². The van der Waals surface area contributed by atoms with Crippen molar-refractivity contribution in [2.24, 2.45) is 0 Å². The van der Waals surface area contributed by atoms with E-state index in [4.69, 9.17) is 0 Å². The maximum Gasteiger partial charge on any atom is 0.198 e. The summed E-state index contributed by atoms with van der Waals surface area (Å²) in [5, 5.41) is 10.0. The zero-order valence-electron chi connectivity index (χ0n) is 10.4. The molecule has 0 radical (unpaired) electrons. The van der Waals surface area contributed by atoms with Crippen LogP contribution in [-0.2, 0) is 6.42 Å². The predicted octanol–water partition coefficient (Wildman–Crippen LogP) is 2.73. The van der Waals surface area contributed by atoms with Gasteiger partial charge in [0.15, 0.2) is 11.6 Å². The van der Waals surface area contributed by atoms with E-state index in [9.17, 15) is 14.7 Å². The van der Waals surface area contributed by atoms with Crippen LogP contribution in [0.2, 0.25) is 0 Å². The number of carbonyl (C=O) groups is 2. The molecule has 0 heterocycles. The van der Waals surface area contributed by atoms with E-state index in [0.29, 0.717) is 23.1 Å². The van der Waals surface area contributed by atoms with Gasteiger partial charge in [0, 0.05) is 16.7 Å². The first-order valence-corrected chi connectivity index (χ1v) is 6.17. The molecule has 0 aliphatic heterocycles. The summed E-state index contributed by atoms with van der Waals surface area (Å²) in [6, 6.07) is 9.97. The van der Waals surface area contributed by atoms with Crippen LogP contribution < -0.4 is 0 Å². The molecular formula is C16H12O3. The average Bonchev–Trinajstić information content (AvgIpc) is 2.44. The van der Waals surface area contributed by atoms with Gasteiger partial charge in [0.25, 0.3) is 0 Å². The summed E-state index contributed by atoms with van der Waals surface area (Å²) in [5.41, 5.74) is 2.05. The molecule has 3 rings (SSSR count). The highest BCUT2D eigenvalue weighted by Gasteiger charge is 2.31. The number of rotatable bonds is 1. The minimum Gasteiger partial charge on any atom is -0.507 e. The number of phenols is 1. The van der Waals surface area contributed by atoms with E-state index in [1.165, 1.54) is 0 Å². The minimum atomic E-state index is -0.287. The Morgan fingerprint density at radius 1 is 0.947 bits per heavy atom. The van der Waals surface area contributed by atoms with Crippen molar-refractivity contribution in [2.45, 2.75) is 13.3 Å². The van der Waals surface area contributed by atoms with Gasteiger partial charge in [-0.05, 0) is 24.1 Å². The van der Waals surface area contributed by atoms with E-state index in [2.05, 4.69) is 0 Å². The molecule has 3 nitrogen and oxygen atoms in total. The Hall–Kier alpha value is -2.42. The Balaban J connectivity index is 2.33. The summed E-state index contributed by atoms with van der Waals surface area (Å²) in [6.45, 7) is 1.93. The third-order valence-electron chi connectivity index (χ3n) is 3.47. The lowest BCUT2D eigenvalue weighted by Gasteiger charge is -2.19. The smallest absolute Gasteiger partial charge is 0.198 e. The normalized spacial score (nSPS) is 13.1. The molecule has 2 aromatic rings. The number of hydrogen-bond donors (Lipinski definition) is 1. The fourth-order valence-electron chi connectivity index (χ4n) is 2.47. The Morgan fingerprint density at radius 2 is 1.58 bits per heavy atom. The summed E-state index contributed by atoms with van der Waals surface area (Å²) in [6.07, 6.45) is 0.698. The second kappa shape index (κ2) is 4.05. The fourth-order valence-corrected chi connectivity index (χ4v) is 2.47. The third-order valence-corrected chi connectivity index (χ3v) is 3.47. The van der Waals surface area contributed by atoms with Crippen LogP contribution in [0.15, 0.2) is 36.4 Å². The number of ketones is 2. The first-order valence-electron chi connectivity index (χ1n) is 6.17. The first kappa shape index (κ1) is 11.7. The number of aromatic hydroxyl groups is 1. The van der Waals surface area contributed by atoms with E-state index >= 15 is 0 Å². The van der Waals surface area contributed by atoms with Gasteiger partial charge in [-0.25, -0.2) is 0 Å². The Labute approximate surface area is 110 Å². The van der Waals surface area contributed by atoms with Crippen LogP contribution in [0.3, 0.4) is 0 Å². The zero-order valence-corrected chi connectivity index (χ0v) is 10.4. The largest absolute Gasteiger partial charge is 0.507 e. The summed E-state index contributed by atoms with van der Waals surface area (Å²) in [5.74, 6) is -0.594. The van der Waals surface area contributed by atoms with Gasteiger partial charge in [-0.15, -0.1) is 0 Å². The van der Waals surface area contributed by atoms with Crippen LogP contribution in [0.1, 0.15) is 44.3 Å². The lowest BCUT2D eigenvalue weighted by molar-refractivity contribution is 0.0976. The second-order valence-electron chi connectivity index (χ2n) is 4.59. The van der Waals surface area contributed by atoms with Gasteiger partial charge in [-0.3, -0.25) is 9.59 Å². The highest BCUT2D eigenvalue weighted by molar-refractivity contribution is 6.29. The second-order valence-corrected chi connectivity index (χ2v) is 4.59. The van der Waals surface area contributed by atoms with Crippen molar-refractivity contribution in [3.05, 3.63) is 64.2 Å². The molecule has 0 fully saturated rings. The Bertz CT molecular complexity index is 714. The lowest BCUT2D eigenvalue weighted by atomic mass is 9.82. The molecule has 0 saturated carbocycles. The molecule has 1 N–H and O–H groups in total. The standard InChI is InChI=1S/C16H12O3/c1-2-9-7-12-14(13(17)8-9)16(19)11-6-4-3-5-10(11)15(12)18/h3-8,17H,2H2,1H3. The van der Waals surface area contributed by atoms with E-state index in [0.717, 1.165) is 5.56 Å². The SMILES string of the molecule is CCc1cc(O)c2c(c1)C(=O)c1ccccc1C2=O. The number of phenolic OH excluding ortho intramolecular Hbond substituents is 1. The molecule has 2 aromatic carbocycles. The number of benzene rings is 2. The molecule has 0 bridgehead atoms. The molecule has 94 valence electrons. The highest BCUT2D eigenvalue weighted by atomic mass is 16.3. The number of aryl methyl sites for hydroxylation is 1. The molecule has 1 aliphatic rings. The van der Waals surface area contributed by atoms with Crippen molar-refractivity contribution >= 4 is 11.6 Å². The van der Waals surface area contributed by atoms with Gasteiger partial charge < -0.3 is 5.11 Å². The number of hydrogen-bond acceptors (Lipinski definition) is 3. The Morgan fingerprint density at radius 3 is 2.21 bits per heavy atom. The van der Waals surface area contributed by atoms with Crippen molar-refractivity contribution in [1.82, 2.24) is 0 Å². The van der Waals surface area contributed by atoms with Crippen LogP contribution in [0.4, 0.5) is 0 Å². The molecule has 0 aromatic heterocycles. The molecule has 19 heavy (non-hydrogen) atoms. The van der Waals surface area contributed by atoms with E-state index in [-0.39, 0.29) is 22.9 Å². The van der Waals surface area contributed by atoms with Crippen LogP contribution in [0.25, 0.3) is 0 Å². The Kier molecular flexibility index (Phi) is 2.49. The van der Waals surface area contributed by atoms with Crippen molar-refractivity contribution in [3.8, 4) is 5.75 Å². The maximum atomic E-state index is 12.4. The van der Waals surface area contributed by atoms with E-state index in [1.54, 1.807) is 36.4 Å². The molecule has 0 atom stereocenters. The lowest BCUT2D eigenvalue weighted by Crippen LogP contribution is -2.21. The van der Waals surface area contributed by atoms with Gasteiger partial charge in [0.2, 0.25) is 0 Å². The zero-order chi connectivity index (χ0) is 13.6. The van der Waals surface area contributed by atoms with Gasteiger partial charge >= 0.3 is 0 Å². The van der Waals surface area contributed by atoms with Gasteiger partial charge in [0.1, 0.15) is 5.75 Å². The fraction of sp³-hybridized carbons (Fsp3) is 0.125. The molecular weight excluding hydrogens is 240 g/mol. The predicted molar refractivity (Wildman–Crippen MR) is 70.8 cm³/mol. The van der Waals surface area contributed by atoms with Crippen molar-refractivity contribution in [3.63, 3.8) is 0 Å². The summed E-state index contributed by atoms with van der Waals surface area (Å²) in [7, 11) is 0. The topological polar surface area (TPSA) is 54.4 Å². The monoisotopic (exact) mass is 252 g/mol. The maximum absolute atomic E-state index is 12.4. The van der Waals surface area contributed by atoms with Crippen LogP contribution >= 0.6 is 0 Å². The molecule has 0 amide bonds. The van der Waals surface area contributed by atoms with Gasteiger partial charge in [-0.1, -0.05) is 31.2 Å². The molecule has 0 spiro atoms. The molecule has 1 aliphatic carbocycles. The highest BCUT2D eigenvalue weighted by Crippen LogP contribution is 2.33. The van der Waals surface area contributed by atoms with Crippen molar-refractivity contribution < 1.29 is 14.7 Å². The third kappa shape index (κ3) is 1.58. The summed E-state index contributed by atoms with van der Waals surface area (Å²) >= 11 is 0. The number of carbonyl (C=O) groups excluding carboxylic acids is 2. The van der Waals surface area contributed by atoms with Crippen LogP contribution in [0, 0.1) is 0 Å².